The van der Waals surface area contributed by atoms with Crippen LogP contribution in [0.4, 0.5) is 0 Å². The van der Waals surface area contributed by atoms with Crippen LogP contribution >= 0.6 is 11.6 Å². The van der Waals surface area contributed by atoms with Crippen LogP contribution in [0.15, 0.2) is 53.4 Å². The van der Waals surface area contributed by atoms with Crippen LogP contribution in [0.5, 0.6) is 0 Å². The molecule has 31 heavy (non-hydrogen) atoms. The van der Waals surface area contributed by atoms with Crippen molar-refractivity contribution < 1.29 is 18.4 Å². The van der Waals surface area contributed by atoms with Gasteiger partial charge in [-0.2, -0.15) is 5.01 Å². The molecule has 3 fully saturated rings. The fourth-order valence-corrected chi connectivity index (χ4v) is 6.49. The van der Waals surface area contributed by atoms with Crippen molar-refractivity contribution in [3.63, 3.8) is 0 Å². The van der Waals surface area contributed by atoms with Gasteiger partial charge in [0, 0.05) is 9.92 Å². The Morgan fingerprint density at radius 3 is 2.23 bits per heavy atom. The molecule has 2 aromatic rings. The van der Waals surface area contributed by atoms with Gasteiger partial charge in [0.15, 0.2) is 0 Å². The maximum Gasteiger partial charge on any atom is 0.335 e. The normalized spacial score (nSPS) is 25.0. The number of carbonyl (C=O) groups excluding carboxylic acids is 2. The minimum absolute atomic E-state index is 0.0390. The molecular formula is C24H28ClN2O3S+. The third-order valence-corrected chi connectivity index (χ3v) is 8.37. The molecule has 3 aliphatic heterocycles. The molecule has 3 heterocycles. The van der Waals surface area contributed by atoms with E-state index in [9.17, 15) is 13.8 Å². The van der Waals surface area contributed by atoms with Crippen molar-refractivity contribution in [2.45, 2.75) is 62.3 Å². The number of hydrogen-bond donors (Lipinski definition) is 0. The minimum Gasteiger partial charge on any atom is -0.262 e. The summed E-state index contributed by atoms with van der Waals surface area (Å²) in [6.07, 6.45) is 5.02. The summed E-state index contributed by atoms with van der Waals surface area (Å²) in [6.45, 7) is 4.12. The number of hydrogen-bond acceptors (Lipinski definition) is 3. The molecule has 7 heteroatoms. The summed E-state index contributed by atoms with van der Waals surface area (Å²) in [6, 6.07) is 15.0. The average molecular weight is 460 g/mol. The zero-order valence-corrected chi connectivity index (χ0v) is 19.5. The van der Waals surface area contributed by atoms with Gasteiger partial charge in [-0.25, -0.2) is 4.79 Å². The van der Waals surface area contributed by atoms with Crippen LogP contribution in [0.3, 0.4) is 0 Å². The smallest absolute Gasteiger partial charge is 0.262 e. The molecule has 0 saturated carbocycles. The lowest BCUT2D eigenvalue weighted by atomic mass is 9.94. The monoisotopic (exact) mass is 459 g/mol. The van der Waals surface area contributed by atoms with Gasteiger partial charge in [-0.1, -0.05) is 47.9 Å². The zero-order chi connectivity index (χ0) is 22.2. The van der Waals surface area contributed by atoms with E-state index in [4.69, 9.17) is 11.6 Å². The summed E-state index contributed by atoms with van der Waals surface area (Å²) < 4.78 is 13.0. The molecular weight excluding hydrogens is 432 g/mol. The molecule has 0 aromatic heterocycles. The van der Waals surface area contributed by atoms with Gasteiger partial charge in [0.1, 0.15) is 6.54 Å². The number of rotatable bonds is 9. The summed E-state index contributed by atoms with van der Waals surface area (Å²) in [7, 11) is -1.32. The van der Waals surface area contributed by atoms with E-state index in [0.29, 0.717) is 11.4 Å². The first-order chi connectivity index (χ1) is 14.9. The number of unbranched alkanes of at least 4 members (excludes halogenated alkanes) is 3. The zero-order valence-electron chi connectivity index (χ0n) is 17.9. The Balaban J connectivity index is 1.29. The first-order valence-electron chi connectivity index (χ1n) is 10.8. The Bertz CT molecular complexity index is 992. The third-order valence-electron chi connectivity index (χ3n) is 6.48. The molecule has 3 aliphatic rings. The topological polar surface area (TPSA) is 54.5 Å². The molecule has 0 radical (unpaired) electrons. The Labute approximate surface area is 191 Å². The highest BCUT2D eigenvalue weighted by atomic mass is 35.5. The summed E-state index contributed by atoms with van der Waals surface area (Å²) in [5.41, 5.74) is 2.37. The number of carbonyl (C=O) groups is 2. The number of halogens is 1. The molecule has 3 saturated heterocycles. The second kappa shape index (κ2) is 8.85. The largest absolute Gasteiger partial charge is 0.335 e. The molecule has 5 nitrogen and oxygen atoms in total. The fraction of sp³-hybridized carbons (Fsp3) is 0.417. The van der Waals surface area contributed by atoms with Crippen molar-refractivity contribution in [2.24, 2.45) is 0 Å². The van der Waals surface area contributed by atoms with E-state index in [1.165, 1.54) is 12.5 Å². The average Bonchev–Trinajstić information content (AvgIpc) is 2.72. The van der Waals surface area contributed by atoms with Gasteiger partial charge < -0.3 is 0 Å². The quantitative estimate of drug-likeness (QED) is 0.317. The van der Waals surface area contributed by atoms with Gasteiger partial charge >= 0.3 is 11.8 Å². The van der Waals surface area contributed by atoms with Crippen molar-refractivity contribution in [3.05, 3.63) is 64.7 Å². The van der Waals surface area contributed by atoms with Gasteiger partial charge in [-0.15, -0.1) is 4.59 Å². The van der Waals surface area contributed by atoms with E-state index in [1.54, 1.807) is 5.01 Å². The van der Waals surface area contributed by atoms with E-state index in [0.717, 1.165) is 42.7 Å². The number of nitrogens with zero attached hydrogens (tertiary/aromatic N) is 2. The molecule has 2 aromatic carbocycles. The van der Waals surface area contributed by atoms with Crippen LogP contribution in [-0.4, -0.2) is 43.6 Å². The number of aryl methyl sites for hydroxylation is 2. The summed E-state index contributed by atoms with van der Waals surface area (Å²) >= 11 is 5.92. The molecule has 5 rings (SSSR count). The van der Waals surface area contributed by atoms with Crippen molar-refractivity contribution in [2.75, 3.05) is 6.54 Å². The van der Waals surface area contributed by atoms with Crippen LogP contribution < -0.4 is 0 Å². The fourth-order valence-electron chi connectivity index (χ4n) is 4.67. The maximum atomic E-state index is 13.0. The predicted octanol–water partition coefficient (Wildman–Crippen LogP) is 4.39. The van der Waals surface area contributed by atoms with Crippen molar-refractivity contribution in [1.82, 2.24) is 5.01 Å². The molecule has 2 amide bonds. The number of quaternary nitrogens is 1. The van der Waals surface area contributed by atoms with Gasteiger partial charge in [0.05, 0.1) is 17.7 Å². The number of benzene rings is 2. The molecule has 4 atom stereocenters. The Morgan fingerprint density at radius 1 is 1.03 bits per heavy atom. The first-order valence-corrected chi connectivity index (χ1v) is 12.4. The number of amides is 2. The Kier molecular flexibility index (Phi) is 6.33. The summed E-state index contributed by atoms with van der Waals surface area (Å²) in [5, 5.41) is 1.92. The second-order valence-electron chi connectivity index (χ2n) is 8.49. The SMILES string of the molecule is CC(=O)[N@+]1(CCCCCCc2ccc(Cl)cc2)[C@H]2C(=O)N1[C@@H]2[S@](=O)c1ccc(C)cc1. The van der Waals surface area contributed by atoms with Crippen molar-refractivity contribution >= 4 is 34.2 Å². The highest BCUT2D eigenvalue weighted by molar-refractivity contribution is 7.86. The lowest BCUT2D eigenvalue weighted by Gasteiger charge is -2.68. The van der Waals surface area contributed by atoms with Crippen LogP contribution in [0.1, 0.15) is 43.7 Å². The first kappa shape index (κ1) is 22.2. The van der Waals surface area contributed by atoms with Gasteiger partial charge in [0.25, 0.3) is 0 Å². The van der Waals surface area contributed by atoms with Crippen LogP contribution in [-0.2, 0) is 26.8 Å². The van der Waals surface area contributed by atoms with Crippen LogP contribution in [0.2, 0.25) is 5.02 Å². The summed E-state index contributed by atoms with van der Waals surface area (Å²) in [5.74, 6) is -0.0914. The standard InChI is InChI=1S/C24H28ClN2O3S/c1-17-8-14-21(15-9-17)31(30)24-22-23(29)26(24)27(22,18(2)28)16-6-4-3-5-7-19-10-12-20(25)13-11-19/h8-15,22,24H,3-7,16H2,1-2H3/q+1/t22-,24+,27+,31+/m0/s1. The minimum atomic E-state index is -1.32. The lowest BCUT2D eigenvalue weighted by Crippen LogP contribution is -3.00. The van der Waals surface area contributed by atoms with E-state index in [2.05, 4.69) is 12.1 Å². The summed E-state index contributed by atoms with van der Waals surface area (Å²) in [4.78, 5) is 25.5. The molecule has 164 valence electrons. The highest BCUT2D eigenvalue weighted by Crippen LogP contribution is 2.51. The van der Waals surface area contributed by atoms with Crippen molar-refractivity contribution in [1.29, 1.82) is 0 Å². The van der Waals surface area contributed by atoms with E-state index < -0.39 is 16.8 Å². The third kappa shape index (κ3) is 3.86. The maximum absolute atomic E-state index is 13.0. The van der Waals surface area contributed by atoms with Gasteiger partial charge in [0.2, 0.25) is 11.4 Å². The van der Waals surface area contributed by atoms with E-state index in [1.807, 2.05) is 43.3 Å². The van der Waals surface area contributed by atoms with Crippen LogP contribution in [0, 0.1) is 6.92 Å². The molecule has 0 N–H and O–H groups in total. The predicted molar refractivity (Wildman–Crippen MR) is 121 cm³/mol. The Hall–Kier alpha value is -2.02. The van der Waals surface area contributed by atoms with E-state index in [-0.39, 0.29) is 21.8 Å². The van der Waals surface area contributed by atoms with Gasteiger partial charge in [-0.05, 0) is 62.4 Å². The van der Waals surface area contributed by atoms with E-state index >= 15 is 0 Å². The molecule has 0 aliphatic carbocycles. The van der Waals surface area contributed by atoms with Crippen LogP contribution in [0.25, 0.3) is 0 Å². The second-order valence-corrected chi connectivity index (χ2v) is 10.5. The molecule has 0 spiro atoms. The lowest BCUT2D eigenvalue weighted by molar-refractivity contribution is -1.05. The van der Waals surface area contributed by atoms with Gasteiger partial charge in [-0.3, -0.25) is 9.00 Å². The van der Waals surface area contributed by atoms with Crippen molar-refractivity contribution in [3.8, 4) is 0 Å². The highest BCUT2D eigenvalue weighted by Gasteiger charge is 2.84. The molecule has 2 bridgehead atoms. The Morgan fingerprint density at radius 2 is 1.65 bits per heavy atom. The number of β-lactam (4-membered cyclic amide) rings is 1. The molecule has 0 unspecified atom stereocenters.